The fourth-order valence-electron chi connectivity index (χ4n) is 8.83. The molecule has 0 unspecified atom stereocenters. The summed E-state index contributed by atoms with van der Waals surface area (Å²) < 4.78 is 89.5. The number of pyridine rings is 6. The van der Waals surface area contributed by atoms with E-state index in [1.807, 2.05) is 57.3 Å². The molecule has 0 fully saturated rings. The normalized spacial score (nSPS) is 10.6. The van der Waals surface area contributed by atoms with E-state index < -0.39 is 9.05 Å². The van der Waals surface area contributed by atoms with Crippen molar-refractivity contribution in [3.8, 4) is 33.4 Å². The van der Waals surface area contributed by atoms with Crippen molar-refractivity contribution in [2.75, 3.05) is 167 Å². The molecular weight excluding hydrogens is 1580 g/mol. The zero-order chi connectivity index (χ0) is 79.4. The van der Waals surface area contributed by atoms with Gasteiger partial charge in [0.25, 0.3) is 9.05 Å². The Kier molecular flexibility index (Phi) is 60.2. The molecule has 0 amide bonds. The molecule has 0 aliphatic rings. The van der Waals surface area contributed by atoms with Crippen LogP contribution < -0.4 is 24.6 Å². The highest BCUT2D eigenvalue weighted by atomic mass is 79.9. The molecule has 3 aromatic carbocycles. The Bertz CT molecular complexity index is 3710. The summed E-state index contributed by atoms with van der Waals surface area (Å²) in [5.74, 6) is 0. The van der Waals surface area contributed by atoms with Crippen LogP contribution in [0.25, 0.3) is 33.4 Å². The van der Waals surface area contributed by atoms with Gasteiger partial charge in [0.1, 0.15) is 13.2 Å². The molecule has 0 saturated carbocycles. The van der Waals surface area contributed by atoms with Crippen LogP contribution in [-0.2, 0) is 114 Å². The fourth-order valence-corrected chi connectivity index (χ4v) is 11.3. The number of hydrogen-bond acceptors (Lipinski definition) is 20. The average molecular weight is 1690 g/mol. The molecule has 6 aromatic heterocycles. The Morgan fingerprint density at radius 2 is 0.691 bits per heavy atom. The van der Waals surface area contributed by atoms with E-state index in [-0.39, 0.29) is 11.5 Å². The molecule has 30 heteroatoms. The zero-order valence-electron chi connectivity index (χ0n) is 64.0. The van der Waals surface area contributed by atoms with Gasteiger partial charge >= 0.3 is 0 Å². The molecule has 0 aliphatic heterocycles. The topological polar surface area (TPSA) is 215 Å². The van der Waals surface area contributed by atoms with E-state index in [9.17, 15) is 8.42 Å². The maximum Gasteiger partial charge on any atom is 0.261 e. The van der Waals surface area contributed by atoms with Crippen LogP contribution in [0.3, 0.4) is 0 Å². The maximum absolute atomic E-state index is 10.7. The minimum absolute atomic E-state index is 0.0675. The quantitative estimate of drug-likeness (QED) is 0.00937. The number of ether oxygens (including phenoxy) is 12. The van der Waals surface area contributed by atoms with Crippen LogP contribution in [0.15, 0.2) is 225 Å². The maximum atomic E-state index is 10.7. The second kappa shape index (κ2) is 67.4. The molecule has 9 rings (SSSR count). The first kappa shape index (κ1) is 98.1. The molecule has 0 spiro atoms. The summed E-state index contributed by atoms with van der Waals surface area (Å²) in [4.78, 5) is 12.1. The van der Waals surface area contributed by atoms with E-state index in [1.165, 1.54) is 67.6 Å². The molecule has 9 aromatic rings. The third-order valence-electron chi connectivity index (χ3n) is 14.7. The van der Waals surface area contributed by atoms with Gasteiger partial charge in [-0.05, 0) is 101 Å². The van der Waals surface area contributed by atoms with Gasteiger partial charge in [0, 0.05) is 130 Å². The molecule has 1 N–H and O–H groups in total. The third kappa shape index (κ3) is 50.1. The van der Waals surface area contributed by atoms with Crippen LogP contribution in [0.5, 0.6) is 0 Å². The van der Waals surface area contributed by atoms with Crippen molar-refractivity contribution < 1.29 is 84.1 Å². The lowest BCUT2D eigenvalue weighted by Gasteiger charge is -2.04. The van der Waals surface area contributed by atoms with Gasteiger partial charge in [0.2, 0.25) is 14.0 Å². The SMILES string of the molecule is CCCOCCOCCOC.COCCOCCOCCO.COCCOCCOCC[n+]1ccc(-c2cc[n+](Cc3ccc([B]P=S)cc3)cc2)cc1.COCCOCCOCC[n+]1ccc(-c2ccncc2)cc1.Cc1ccc(S(=O)(=O)Cl)cc1.S=P[B]c1ccc(CBr)cc1.c1cc(-c2ccncc2)ccn1. The molecule has 592 valence electrons. The molecule has 110 heavy (non-hydrogen) atoms. The lowest BCUT2D eigenvalue weighted by molar-refractivity contribution is -0.698. The fraction of sp³-hybridized carbons (Fsp3) is 0.400. The summed E-state index contributed by atoms with van der Waals surface area (Å²) in [7, 11) is 9.93. The molecule has 6 heterocycles. The smallest absolute Gasteiger partial charge is 0.261 e. The van der Waals surface area contributed by atoms with E-state index in [0.29, 0.717) is 126 Å². The molecule has 0 bridgehead atoms. The Morgan fingerprint density at radius 3 is 0.991 bits per heavy atom. The number of aromatic nitrogens is 6. The van der Waals surface area contributed by atoms with Gasteiger partial charge in [-0.15, -0.1) is 0 Å². The molecule has 21 nitrogen and oxygen atoms in total. The summed E-state index contributed by atoms with van der Waals surface area (Å²) in [6.45, 7) is 23.0. The number of hydrogen-bond donors (Lipinski definition) is 1. The highest BCUT2D eigenvalue weighted by Crippen LogP contribution is 2.19. The average Bonchev–Trinajstić information content (AvgIpc) is 0.861. The number of methoxy groups -OCH3 is 4. The van der Waals surface area contributed by atoms with Gasteiger partial charge in [-0.2, -0.15) is 0 Å². The molecule has 0 aliphatic carbocycles. The number of halogens is 2. The predicted octanol–water partition coefficient (Wildman–Crippen LogP) is 11.1. The molecule has 2 radical (unpaired) electrons. The van der Waals surface area contributed by atoms with Gasteiger partial charge in [-0.3, -0.25) is 15.0 Å². The summed E-state index contributed by atoms with van der Waals surface area (Å²) in [6, 6.07) is 48.0. The van der Waals surface area contributed by atoms with Crippen LogP contribution in [0.4, 0.5) is 0 Å². The van der Waals surface area contributed by atoms with Crippen molar-refractivity contribution in [3.63, 3.8) is 0 Å². The predicted molar refractivity (Wildman–Crippen MR) is 449 cm³/mol. The molecule has 0 saturated heterocycles. The van der Waals surface area contributed by atoms with E-state index in [1.54, 1.807) is 77.8 Å². The van der Waals surface area contributed by atoms with Crippen LogP contribution in [0.1, 0.15) is 30.0 Å². The summed E-state index contributed by atoms with van der Waals surface area (Å²) in [5, 5.41) is 9.24. The monoisotopic (exact) mass is 1690 g/mol. The largest absolute Gasteiger partial charge is 0.394 e. The second-order valence-corrected chi connectivity index (χ2v) is 28.4. The minimum atomic E-state index is -3.55. The van der Waals surface area contributed by atoms with Gasteiger partial charge in [0.05, 0.1) is 124 Å². The van der Waals surface area contributed by atoms with E-state index in [0.717, 1.165) is 58.0 Å². The first-order valence-corrected chi connectivity index (χ1v) is 43.2. The van der Waals surface area contributed by atoms with Crippen LogP contribution in [-0.4, -0.2) is 210 Å². The Balaban J connectivity index is 0.000000351. The van der Waals surface area contributed by atoms with Crippen molar-refractivity contribution in [2.24, 2.45) is 0 Å². The summed E-state index contributed by atoms with van der Waals surface area (Å²) in [6.07, 6.45) is 24.4. The third-order valence-corrected chi connectivity index (χ3v) is 18.1. The van der Waals surface area contributed by atoms with Crippen molar-refractivity contribution in [1.29, 1.82) is 0 Å². The minimum Gasteiger partial charge on any atom is -0.394 e. The van der Waals surface area contributed by atoms with Crippen molar-refractivity contribution >= 4 is 98.7 Å². The lowest BCUT2D eigenvalue weighted by atomic mass is 9.93. The number of aliphatic hydroxyl groups is 1. The van der Waals surface area contributed by atoms with Gasteiger partial charge in [0.15, 0.2) is 56.8 Å². The van der Waals surface area contributed by atoms with E-state index >= 15 is 0 Å². The number of alkyl halides is 1. The number of rotatable bonds is 45. The van der Waals surface area contributed by atoms with Crippen molar-refractivity contribution in [1.82, 2.24) is 15.0 Å². The van der Waals surface area contributed by atoms with Crippen LogP contribution in [0.2, 0.25) is 0 Å². The highest BCUT2D eigenvalue weighted by molar-refractivity contribution is 9.08. The standard InChI is InChI=1S/C24H29BN2O3PS.C17H23N2O3.C10H8N2.C8H18O3.C7H6BBrPS.C7H7ClO2S.C7H16O4/c1-28-16-17-30-19-18-29-15-14-26-10-6-22(7-11-26)23-8-12-27(13-9-23)20-21-2-4-24(5-3-21)25-31-32;1-20-12-13-22-15-14-21-11-10-19-8-4-17(5-9-19)16-2-6-18-7-3-16;1-5-11-6-2-9(1)10-3-7-12-8-4-10;1-3-4-10-7-8-11-6-5-9-2;9-5-6-1-3-7(4-2-6)8-10-11;1-6-2-4-7(5-3-6)11(8,9)10;1-9-4-5-11-7-6-10-3-2-8/h2-13H,14-20H2,1H3;2-9H,10-15H2,1H3;1-8H;3-8H2,1-2H3;1-4H,5H2;2-5H,1H3;8H,2-7H2,1H3/q+2;+1;;;;;. The number of benzene rings is 3. The van der Waals surface area contributed by atoms with Crippen LogP contribution >= 0.6 is 41.1 Å². The van der Waals surface area contributed by atoms with Gasteiger partial charge in [-0.1, -0.05) is 138 Å². The first-order valence-electron chi connectivity index (χ1n) is 35.8. The van der Waals surface area contributed by atoms with Crippen molar-refractivity contribution in [2.45, 2.75) is 50.1 Å². The Hall–Kier alpha value is -6.07. The highest BCUT2D eigenvalue weighted by Gasteiger charge is 2.10. The zero-order valence-corrected chi connectivity index (χ0v) is 70.6. The Labute approximate surface area is 680 Å². The summed E-state index contributed by atoms with van der Waals surface area (Å²) in [5.41, 5.74) is 13.0. The van der Waals surface area contributed by atoms with E-state index in [4.69, 9.17) is 96.2 Å². The second-order valence-electron chi connectivity index (χ2n) is 23.0. The van der Waals surface area contributed by atoms with Gasteiger partial charge in [-0.25, -0.2) is 22.1 Å². The van der Waals surface area contributed by atoms with Crippen molar-refractivity contribution in [3.05, 3.63) is 237 Å². The van der Waals surface area contributed by atoms with Gasteiger partial charge < -0.3 is 61.9 Å². The first-order chi connectivity index (χ1) is 53.8. The van der Waals surface area contributed by atoms with Crippen LogP contribution in [0, 0.1) is 6.92 Å². The molecule has 0 atom stereocenters. The van der Waals surface area contributed by atoms with E-state index in [2.05, 4.69) is 174 Å². The number of aliphatic hydroxyl groups excluding tert-OH is 1. The Morgan fingerprint density at radius 1 is 0.400 bits per heavy atom. The lowest BCUT2D eigenvalue weighted by Crippen LogP contribution is -2.35. The molecular formula is C80H107B2BrClN6O15P2S3+3. The summed E-state index contributed by atoms with van der Waals surface area (Å²) >= 11 is 13.2. The number of nitrogens with zero attached hydrogens (tertiary/aromatic N) is 6. The number of aryl methyl sites for hydroxylation is 1.